The molecule has 0 unspecified atom stereocenters. The van der Waals surface area contributed by atoms with Gasteiger partial charge < -0.3 is 5.32 Å². The highest BCUT2D eigenvalue weighted by Gasteiger charge is 2.24. The van der Waals surface area contributed by atoms with E-state index in [2.05, 4.69) is 15.4 Å². The molecule has 2 aromatic rings. The van der Waals surface area contributed by atoms with Crippen LogP contribution in [0.4, 0.5) is 0 Å². The number of pyridine rings is 1. The van der Waals surface area contributed by atoms with Gasteiger partial charge in [-0.2, -0.15) is 5.10 Å². The summed E-state index contributed by atoms with van der Waals surface area (Å²) in [5, 5.41) is 6.68. The first-order chi connectivity index (χ1) is 10.1. The van der Waals surface area contributed by atoms with Crippen molar-refractivity contribution < 1.29 is 4.79 Å². The van der Waals surface area contributed by atoms with E-state index in [0.29, 0.717) is 12.5 Å². The lowest BCUT2D eigenvalue weighted by molar-refractivity contribution is 0.0943. The molecule has 0 spiro atoms. The average molecular weight is 284 g/mol. The number of amides is 1. The molecule has 1 aliphatic carbocycles. The Hall–Kier alpha value is -2.50. The zero-order chi connectivity index (χ0) is 14.8. The molecule has 1 saturated carbocycles. The van der Waals surface area contributed by atoms with Gasteiger partial charge in [-0.3, -0.25) is 14.6 Å². The summed E-state index contributed by atoms with van der Waals surface area (Å²) in [4.78, 5) is 27.6. The molecule has 3 rings (SSSR count). The molecule has 1 N–H and O–H groups in total. The van der Waals surface area contributed by atoms with Gasteiger partial charge in [-0.15, -0.1) is 0 Å². The number of carbonyl (C=O) groups excluding carboxylic acids is 1. The van der Waals surface area contributed by atoms with Crippen LogP contribution in [0.3, 0.4) is 0 Å². The van der Waals surface area contributed by atoms with Gasteiger partial charge in [-0.25, -0.2) is 4.68 Å². The smallest absolute Gasteiger partial charge is 0.271 e. The van der Waals surface area contributed by atoms with Gasteiger partial charge in [0.2, 0.25) is 0 Å². The van der Waals surface area contributed by atoms with Crippen molar-refractivity contribution in [2.24, 2.45) is 7.05 Å². The van der Waals surface area contributed by atoms with Gasteiger partial charge >= 0.3 is 0 Å². The fourth-order valence-electron chi connectivity index (χ4n) is 2.06. The molecule has 6 nitrogen and oxygen atoms in total. The van der Waals surface area contributed by atoms with Crippen molar-refractivity contribution in [3.8, 4) is 0 Å². The predicted molar refractivity (Wildman–Crippen MR) is 76.9 cm³/mol. The van der Waals surface area contributed by atoms with Gasteiger partial charge in [0.05, 0.1) is 0 Å². The van der Waals surface area contributed by atoms with Crippen LogP contribution in [-0.4, -0.2) is 20.7 Å². The van der Waals surface area contributed by atoms with Gasteiger partial charge in [0.15, 0.2) is 0 Å². The van der Waals surface area contributed by atoms with E-state index in [9.17, 15) is 9.59 Å². The van der Waals surface area contributed by atoms with E-state index in [0.717, 1.165) is 15.9 Å². The fraction of sp³-hybridized carbons (Fsp3) is 0.333. The summed E-state index contributed by atoms with van der Waals surface area (Å²) < 4.78 is 1.14. The molecule has 0 aliphatic heterocycles. The number of aryl methyl sites for hydroxylation is 1. The lowest BCUT2D eigenvalue weighted by atomic mass is 10.2. The summed E-state index contributed by atoms with van der Waals surface area (Å²) in [5.41, 5.74) is 2.05. The van der Waals surface area contributed by atoms with Crippen molar-refractivity contribution in [3.63, 3.8) is 0 Å². The third-order valence-corrected chi connectivity index (χ3v) is 3.49. The summed E-state index contributed by atoms with van der Waals surface area (Å²) in [5.74, 6) is 0.320. The quantitative estimate of drug-likeness (QED) is 0.908. The van der Waals surface area contributed by atoms with Crippen LogP contribution in [0.2, 0.25) is 0 Å². The number of carbonyl (C=O) groups is 1. The number of hydrogen-bond donors (Lipinski definition) is 1. The first-order valence-corrected chi connectivity index (χ1v) is 6.91. The number of hydrogen-bond acceptors (Lipinski definition) is 4. The molecule has 1 fully saturated rings. The Bertz CT molecular complexity index is 717. The Morgan fingerprint density at radius 1 is 1.33 bits per heavy atom. The second kappa shape index (κ2) is 5.47. The zero-order valence-electron chi connectivity index (χ0n) is 11.7. The van der Waals surface area contributed by atoms with Crippen molar-refractivity contribution in [2.45, 2.75) is 25.3 Å². The third kappa shape index (κ3) is 3.16. The van der Waals surface area contributed by atoms with Crippen LogP contribution < -0.4 is 10.9 Å². The Morgan fingerprint density at radius 2 is 2.14 bits per heavy atom. The first kappa shape index (κ1) is 13.5. The third-order valence-electron chi connectivity index (χ3n) is 3.49. The Balaban J connectivity index is 1.62. The largest absolute Gasteiger partial charge is 0.347 e. The number of nitrogens with zero attached hydrogens (tertiary/aromatic N) is 3. The highest BCUT2D eigenvalue weighted by atomic mass is 16.2. The molecular weight excluding hydrogens is 268 g/mol. The van der Waals surface area contributed by atoms with Crippen LogP contribution in [0, 0.1) is 0 Å². The van der Waals surface area contributed by atoms with E-state index in [-0.39, 0.29) is 17.2 Å². The monoisotopic (exact) mass is 284 g/mol. The van der Waals surface area contributed by atoms with Crippen molar-refractivity contribution in [1.82, 2.24) is 20.1 Å². The topological polar surface area (TPSA) is 76.9 Å². The van der Waals surface area contributed by atoms with Gasteiger partial charge in [0.25, 0.3) is 11.5 Å². The molecule has 1 aliphatic rings. The lowest BCUT2D eigenvalue weighted by Crippen LogP contribution is -2.28. The van der Waals surface area contributed by atoms with E-state index in [1.165, 1.54) is 32.0 Å². The molecule has 0 saturated heterocycles. The molecule has 0 bridgehead atoms. The van der Waals surface area contributed by atoms with Crippen LogP contribution in [0.15, 0.2) is 35.3 Å². The van der Waals surface area contributed by atoms with Crippen molar-refractivity contribution in [1.29, 1.82) is 0 Å². The SMILES string of the molecule is Cn1nc(C(=O)NCc2ccc(C3CC3)nc2)ccc1=O. The lowest BCUT2D eigenvalue weighted by Gasteiger charge is -2.06. The maximum atomic E-state index is 12.0. The number of aromatic nitrogens is 3. The number of rotatable bonds is 4. The molecule has 1 amide bonds. The standard InChI is InChI=1S/C15H16N4O2/c1-19-14(20)7-6-13(18-19)15(21)17-9-10-2-5-12(16-8-10)11-3-4-11/h2,5-8,11H,3-4,9H2,1H3,(H,17,21). The van der Waals surface area contributed by atoms with E-state index in [4.69, 9.17) is 0 Å². The zero-order valence-corrected chi connectivity index (χ0v) is 11.7. The summed E-state index contributed by atoms with van der Waals surface area (Å²) in [6, 6.07) is 6.75. The van der Waals surface area contributed by atoms with Gasteiger partial charge in [0, 0.05) is 37.5 Å². The average Bonchev–Trinajstić information content (AvgIpc) is 3.33. The molecule has 0 radical (unpaired) electrons. The van der Waals surface area contributed by atoms with Gasteiger partial charge in [-0.1, -0.05) is 6.07 Å². The van der Waals surface area contributed by atoms with Crippen LogP contribution >= 0.6 is 0 Å². The van der Waals surface area contributed by atoms with Crippen LogP contribution in [0.1, 0.15) is 40.5 Å². The molecule has 0 atom stereocenters. The normalized spacial score (nSPS) is 14.0. The Labute approximate surface area is 121 Å². The molecule has 2 heterocycles. The molecule has 0 aromatic carbocycles. The second-order valence-electron chi connectivity index (χ2n) is 5.23. The summed E-state index contributed by atoms with van der Waals surface area (Å²) >= 11 is 0. The van der Waals surface area contributed by atoms with E-state index < -0.39 is 0 Å². The van der Waals surface area contributed by atoms with Gasteiger partial charge in [0.1, 0.15) is 5.69 Å². The fourth-order valence-corrected chi connectivity index (χ4v) is 2.06. The minimum Gasteiger partial charge on any atom is -0.347 e. The van der Waals surface area contributed by atoms with Crippen LogP contribution in [-0.2, 0) is 13.6 Å². The van der Waals surface area contributed by atoms with Gasteiger partial charge in [-0.05, 0) is 30.5 Å². The second-order valence-corrected chi connectivity index (χ2v) is 5.23. The molecule has 108 valence electrons. The Morgan fingerprint density at radius 3 is 2.76 bits per heavy atom. The number of nitrogens with one attached hydrogen (secondary N) is 1. The molecule has 2 aromatic heterocycles. The van der Waals surface area contributed by atoms with Crippen molar-refractivity contribution >= 4 is 5.91 Å². The molecule has 6 heteroatoms. The Kier molecular flexibility index (Phi) is 3.51. The van der Waals surface area contributed by atoms with Crippen LogP contribution in [0.5, 0.6) is 0 Å². The highest BCUT2D eigenvalue weighted by Crippen LogP contribution is 2.38. The van der Waals surface area contributed by atoms with E-state index in [1.807, 2.05) is 12.1 Å². The first-order valence-electron chi connectivity index (χ1n) is 6.91. The molecule has 21 heavy (non-hydrogen) atoms. The minimum atomic E-state index is -0.308. The van der Waals surface area contributed by atoms with E-state index >= 15 is 0 Å². The molecular formula is C15H16N4O2. The maximum Gasteiger partial charge on any atom is 0.271 e. The highest BCUT2D eigenvalue weighted by molar-refractivity contribution is 5.91. The minimum absolute atomic E-state index is 0.222. The van der Waals surface area contributed by atoms with Crippen molar-refractivity contribution in [3.05, 3.63) is 57.8 Å². The predicted octanol–water partition coefficient (Wildman–Crippen LogP) is 0.983. The van der Waals surface area contributed by atoms with Crippen LogP contribution in [0.25, 0.3) is 0 Å². The van der Waals surface area contributed by atoms with E-state index in [1.54, 1.807) is 6.20 Å². The summed E-state index contributed by atoms with van der Waals surface area (Å²) in [6.07, 6.45) is 4.24. The summed E-state index contributed by atoms with van der Waals surface area (Å²) in [6.45, 7) is 0.390. The maximum absolute atomic E-state index is 12.0. The van der Waals surface area contributed by atoms with Crippen molar-refractivity contribution in [2.75, 3.05) is 0 Å². The summed E-state index contributed by atoms with van der Waals surface area (Å²) in [7, 11) is 1.51.